The van der Waals surface area contributed by atoms with Crippen molar-refractivity contribution in [2.75, 3.05) is 5.32 Å². The normalized spacial score (nSPS) is 12.6. The van der Waals surface area contributed by atoms with Gasteiger partial charge >= 0.3 is 0 Å². The number of anilines is 1. The van der Waals surface area contributed by atoms with Crippen LogP contribution < -0.4 is 5.32 Å². The van der Waals surface area contributed by atoms with Crippen molar-refractivity contribution >= 4 is 39.0 Å². The van der Waals surface area contributed by atoms with Crippen LogP contribution in [0, 0.1) is 5.92 Å². The van der Waals surface area contributed by atoms with Crippen LogP contribution in [0.4, 0.5) is 5.69 Å². The Labute approximate surface area is 210 Å². The molecule has 0 aromatic carbocycles. The highest BCUT2D eigenvalue weighted by atomic mass is 32.1. The maximum atomic E-state index is 10.3. The number of hydrogen-bond acceptors (Lipinski definition) is 8. The fourth-order valence-corrected chi connectivity index (χ4v) is 4.97. The summed E-state index contributed by atoms with van der Waals surface area (Å²) in [6.45, 7) is 4.14. The number of imidazole rings is 1. The fraction of sp³-hybridized carbons (Fsp3) is 0.192. The highest BCUT2D eigenvalue weighted by Crippen LogP contribution is 2.33. The van der Waals surface area contributed by atoms with Gasteiger partial charge in [0.1, 0.15) is 23.1 Å². The first-order chi connectivity index (χ1) is 17.5. The number of rotatable bonds is 7. The Kier molecular flexibility index (Phi) is 5.67. The molecule has 180 valence electrons. The Balaban J connectivity index is 1.37. The molecule has 36 heavy (non-hydrogen) atoms. The van der Waals surface area contributed by atoms with Gasteiger partial charge in [0.05, 0.1) is 39.7 Å². The average molecular weight is 497 g/mol. The van der Waals surface area contributed by atoms with E-state index >= 15 is 0 Å². The quantitative estimate of drug-likeness (QED) is 0.216. The number of pyridine rings is 3. The summed E-state index contributed by atoms with van der Waals surface area (Å²) in [7, 11) is 0. The van der Waals surface area contributed by atoms with E-state index in [1.54, 1.807) is 36.1 Å². The molecule has 0 bridgehead atoms. The highest BCUT2D eigenvalue weighted by molar-refractivity contribution is 7.13. The Morgan fingerprint density at radius 1 is 1.06 bits per heavy atom. The second kappa shape index (κ2) is 9.14. The van der Waals surface area contributed by atoms with Crippen molar-refractivity contribution in [3.05, 3.63) is 60.5 Å². The summed E-state index contributed by atoms with van der Waals surface area (Å²) in [5, 5.41) is 23.9. The molecule has 0 fully saturated rings. The lowest BCUT2D eigenvalue weighted by atomic mass is 10.1. The van der Waals surface area contributed by atoms with Crippen molar-refractivity contribution < 1.29 is 5.11 Å². The number of aromatic nitrogens is 7. The molecule has 4 N–H and O–H groups in total. The molecular weight excluding hydrogens is 472 g/mol. The molecule has 6 aromatic rings. The van der Waals surface area contributed by atoms with Crippen molar-refractivity contribution in [3.8, 4) is 33.3 Å². The third-order valence-electron chi connectivity index (χ3n) is 5.89. The second-order valence-electron chi connectivity index (χ2n) is 9.06. The van der Waals surface area contributed by atoms with Crippen LogP contribution >= 0.6 is 11.3 Å². The van der Waals surface area contributed by atoms with Crippen molar-refractivity contribution in [1.29, 1.82) is 0 Å². The summed E-state index contributed by atoms with van der Waals surface area (Å²) in [4.78, 5) is 22.8. The Bertz CT molecular complexity index is 1650. The molecule has 1 unspecified atom stereocenters. The lowest BCUT2D eigenvalue weighted by molar-refractivity contribution is 0.176. The zero-order valence-corrected chi connectivity index (χ0v) is 20.5. The summed E-state index contributed by atoms with van der Waals surface area (Å²) in [6, 6.07) is 9.88. The van der Waals surface area contributed by atoms with Gasteiger partial charge in [0.15, 0.2) is 5.82 Å². The van der Waals surface area contributed by atoms with Gasteiger partial charge in [0, 0.05) is 23.3 Å². The van der Waals surface area contributed by atoms with E-state index in [1.807, 2.05) is 35.7 Å². The average Bonchev–Trinajstić information content (AvgIpc) is 3.62. The van der Waals surface area contributed by atoms with Crippen LogP contribution in [0.3, 0.4) is 0 Å². The molecule has 0 aliphatic heterocycles. The number of hydrogen-bond donors (Lipinski definition) is 4. The minimum Gasteiger partial charge on any atom is -0.374 e. The first-order valence-electron chi connectivity index (χ1n) is 11.7. The van der Waals surface area contributed by atoms with E-state index < -0.39 is 6.23 Å². The molecule has 0 radical (unpaired) electrons. The molecule has 0 spiro atoms. The Morgan fingerprint density at radius 3 is 2.81 bits per heavy atom. The van der Waals surface area contributed by atoms with Gasteiger partial charge in [0.2, 0.25) is 0 Å². The summed E-state index contributed by atoms with van der Waals surface area (Å²) in [5.41, 5.74) is 6.39. The van der Waals surface area contributed by atoms with E-state index in [0.29, 0.717) is 23.9 Å². The third kappa shape index (κ3) is 4.21. The minimum atomic E-state index is -0.639. The van der Waals surface area contributed by atoms with E-state index in [2.05, 4.69) is 49.3 Å². The van der Waals surface area contributed by atoms with Gasteiger partial charge in [-0.2, -0.15) is 5.10 Å². The van der Waals surface area contributed by atoms with E-state index in [0.717, 1.165) is 49.5 Å². The molecule has 6 heterocycles. The van der Waals surface area contributed by atoms with Crippen LogP contribution in [0.2, 0.25) is 0 Å². The summed E-state index contributed by atoms with van der Waals surface area (Å²) >= 11 is 1.63. The summed E-state index contributed by atoms with van der Waals surface area (Å²) < 4.78 is 0. The van der Waals surface area contributed by atoms with Crippen molar-refractivity contribution in [2.45, 2.75) is 26.5 Å². The van der Waals surface area contributed by atoms with Crippen molar-refractivity contribution in [3.63, 3.8) is 0 Å². The number of fused-ring (bicyclic) bond motifs is 2. The zero-order chi connectivity index (χ0) is 24.6. The molecule has 0 saturated carbocycles. The number of thiophene rings is 1. The highest BCUT2D eigenvalue weighted by Gasteiger charge is 2.17. The first-order valence-corrected chi connectivity index (χ1v) is 12.6. The zero-order valence-electron chi connectivity index (χ0n) is 19.7. The minimum absolute atomic E-state index is 0.377. The molecule has 0 amide bonds. The van der Waals surface area contributed by atoms with Crippen molar-refractivity contribution in [1.82, 2.24) is 35.1 Å². The third-order valence-corrected chi connectivity index (χ3v) is 6.77. The maximum Gasteiger partial charge on any atom is 0.159 e. The summed E-state index contributed by atoms with van der Waals surface area (Å²) in [5.74, 6) is 1.03. The number of aromatic amines is 2. The second-order valence-corrected chi connectivity index (χ2v) is 10.0. The molecule has 0 aliphatic carbocycles. The van der Waals surface area contributed by atoms with Crippen LogP contribution in [-0.2, 0) is 0 Å². The van der Waals surface area contributed by atoms with E-state index in [-0.39, 0.29) is 0 Å². The molecule has 9 nitrogen and oxygen atoms in total. The van der Waals surface area contributed by atoms with Crippen LogP contribution in [0.15, 0.2) is 60.5 Å². The largest absolute Gasteiger partial charge is 0.374 e. The molecule has 0 saturated heterocycles. The van der Waals surface area contributed by atoms with Gasteiger partial charge in [-0.3, -0.25) is 20.1 Å². The van der Waals surface area contributed by atoms with Gasteiger partial charge in [-0.15, -0.1) is 11.3 Å². The van der Waals surface area contributed by atoms with Gasteiger partial charge in [-0.05, 0) is 42.0 Å². The first kappa shape index (κ1) is 22.3. The molecule has 6 aromatic heterocycles. The predicted molar refractivity (Wildman–Crippen MR) is 142 cm³/mol. The molecule has 6 rings (SSSR count). The number of aliphatic hydroxyl groups excluding tert-OH is 1. The van der Waals surface area contributed by atoms with Crippen LogP contribution in [0.1, 0.15) is 20.3 Å². The Morgan fingerprint density at radius 2 is 1.97 bits per heavy atom. The van der Waals surface area contributed by atoms with Crippen LogP contribution in [0.25, 0.3) is 55.3 Å². The lowest BCUT2D eigenvalue weighted by Gasteiger charge is -2.16. The van der Waals surface area contributed by atoms with E-state index in [4.69, 9.17) is 4.98 Å². The van der Waals surface area contributed by atoms with Gasteiger partial charge < -0.3 is 15.4 Å². The van der Waals surface area contributed by atoms with Gasteiger partial charge in [-0.25, -0.2) is 4.98 Å². The standard InChI is InChI=1S/C26H24N8OS/c1-14(2)8-22(35)30-16-9-15(11-27-12-16)19-10-17-20(13-29-19)33-34-23(17)26-31-18-5-6-28-25(24(18)32-26)21-4-3-7-36-21/h3-7,9-14,22,30,35H,8H2,1-2H3,(H,31,32)(H,33,34). The van der Waals surface area contributed by atoms with Crippen LogP contribution in [0.5, 0.6) is 0 Å². The van der Waals surface area contributed by atoms with Gasteiger partial charge in [-0.1, -0.05) is 19.9 Å². The maximum absolute atomic E-state index is 10.3. The lowest BCUT2D eigenvalue weighted by Crippen LogP contribution is -2.20. The molecule has 0 aliphatic rings. The summed E-state index contributed by atoms with van der Waals surface area (Å²) in [6.07, 6.45) is 7.01. The number of H-pyrrole nitrogens is 2. The number of nitrogens with zero attached hydrogens (tertiary/aromatic N) is 5. The molecular formula is C26H24N8OS. The monoisotopic (exact) mass is 496 g/mol. The predicted octanol–water partition coefficient (Wildman–Crippen LogP) is 5.46. The van der Waals surface area contributed by atoms with E-state index in [9.17, 15) is 5.11 Å². The topological polar surface area (TPSA) is 128 Å². The Hall–Kier alpha value is -4.15. The molecule has 10 heteroatoms. The van der Waals surface area contributed by atoms with Crippen molar-refractivity contribution in [2.24, 2.45) is 5.92 Å². The smallest absolute Gasteiger partial charge is 0.159 e. The molecule has 1 atom stereocenters. The fourth-order valence-electron chi connectivity index (χ4n) is 4.25. The SMILES string of the molecule is CC(C)CC(O)Nc1cncc(-c2cc3c(-c4nc5c(-c6cccs6)nccc5[nH]4)n[nH]c3cn2)c1. The van der Waals surface area contributed by atoms with Gasteiger partial charge in [0.25, 0.3) is 0 Å². The number of aliphatic hydroxyl groups is 1. The van der Waals surface area contributed by atoms with E-state index in [1.165, 1.54) is 0 Å². The van der Waals surface area contributed by atoms with Crippen LogP contribution in [-0.4, -0.2) is 46.5 Å². The number of nitrogens with one attached hydrogen (secondary N) is 3.